The molecule has 0 unspecified atom stereocenters. The average molecular weight is 260 g/mol. The van der Waals surface area contributed by atoms with Crippen molar-refractivity contribution in [1.82, 2.24) is 10.2 Å². The lowest BCUT2D eigenvalue weighted by Crippen LogP contribution is -2.61. The molecule has 1 aromatic carbocycles. The Kier molecular flexibility index (Phi) is 4.00. The summed E-state index contributed by atoms with van der Waals surface area (Å²) in [5.41, 5.74) is 0.205. The average Bonchev–Trinajstić information content (AvgIpc) is 2.41. The molecule has 4 nitrogen and oxygen atoms in total. The molecule has 0 atom stereocenters. The number of piperazine rings is 1. The van der Waals surface area contributed by atoms with Crippen molar-refractivity contribution in [2.24, 2.45) is 0 Å². The van der Waals surface area contributed by atoms with Gasteiger partial charge in [0, 0.05) is 31.6 Å². The molecule has 0 spiro atoms. The van der Waals surface area contributed by atoms with Crippen LogP contribution in [0, 0.1) is 0 Å². The van der Waals surface area contributed by atoms with E-state index in [4.69, 9.17) is 0 Å². The van der Waals surface area contributed by atoms with Crippen LogP contribution in [0.4, 0.5) is 0 Å². The zero-order chi connectivity index (χ0) is 13.9. The zero-order valence-corrected chi connectivity index (χ0v) is 11.5. The van der Waals surface area contributed by atoms with Gasteiger partial charge in [-0.25, -0.2) is 0 Å². The number of benzene rings is 1. The molecule has 102 valence electrons. The molecule has 0 saturated carbocycles. The van der Waals surface area contributed by atoms with Gasteiger partial charge in [-0.15, -0.1) is 0 Å². The molecule has 1 aliphatic heterocycles. The first-order valence-corrected chi connectivity index (χ1v) is 6.63. The van der Waals surface area contributed by atoms with E-state index < -0.39 is 5.54 Å². The SMILES string of the molecule is CC1(C)C(=O)NCCN1CCC(=O)c1ccccc1. The van der Waals surface area contributed by atoms with Crippen molar-refractivity contribution in [2.75, 3.05) is 19.6 Å². The summed E-state index contributed by atoms with van der Waals surface area (Å²) < 4.78 is 0. The van der Waals surface area contributed by atoms with E-state index in [0.29, 0.717) is 19.5 Å². The van der Waals surface area contributed by atoms with Gasteiger partial charge in [-0.2, -0.15) is 0 Å². The molecule has 1 saturated heterocycles. The van der Waals surface area contributed by atoms with Crippen LogP contribution in [-0.4, -0.2) is 41.8 Å². The third-order valence-electron chi connectivity index (χ3n) is 3.72. The first-order chi connectivity index (χ1) is 9.01. The number of amides is 1. The van der Waals surface area contributed by atoms with Crippen molar-refractivity contribution in [1.29, 1.82) is 0 Å². The molecule has 4 heteroatoms. The van der Waals surface area contributed by atoms with Crippen LogP contribution in [0.15, 0.2) is 30.3 Å². The first-order valence-electron chi connectivity index (χ1n) is 6.63. The minimum atomic E-state index is -0.533. The normalized spacial score (nSPS) is 18.9. The molecule has 1 fully saturated rings. The highest BCUT2D eigenvalue weighted by atomic mass is 16.2. The number of hydrogen-bond acceptors (Lipinski definition) is 3. The topological polar surface area (TPSA) is 49.4 Å². The van der Waals surface area contributed by atoms with E-state index in [1.807, 2.05) is 44.2 Å². The van der Waals surface area contributed by atoms with Gasteiger partial charge >= 0.3 is 0 Å². The van der Waals surface area contributed by atoms with Crippen LogP contribution in [0.1, 0.15) is 30.6 Å². The summed E-state index contributed by atoms with van der Waals surface area (Å²) in [7, 11) is 0. The van der Waals surface area contributed by atoms with Crippen LogP contribution >= 0.6 is 0 Å². The van der Waals surface area contributed by atoms with Gasteiger partial charge in [0.25, 0.3) is 0 Å². The van der Waals surface area contributed by atoms with Crippen molar-refractivity contribution in [3.63, 3.8) is 0 Å². The highest BCUT2D eigenvalue weighted by Gasteiger charge is 2.37. The Morgan fingerprint density at radius 1 is 1.32 bits per heavy atom. The molecule has 1 aromatic rings. The summed E-state index contributed by atoms with van der Waals surface area (Å²) in [4.78, 5) is 25.9. The largest absolute Gasteiger partial charge is 0.353 e. The van der Waals surface area contributed by atoms with Crippen molar-refractivity contribution in [2.45, 2.75) is 25.8 Å². The maximum atomic E-state index is 12.1. The molecule has 0 aliphatic carbocycles. The number of carbonyl (C=O) groups excluding carboxylic acids is 2. The highest BCUT2D eigenvalue weighted by molar-refractivity contribution is 5.96. The van der Waals surface area contributed by atoms with Crippen LogP contribution in [0.3, 0.4) is 0 Å². The molecule has 0 bridgehead atoms. The van der Waals surface area contributed by atoms with Crippen LogP contribution < -0.4 is 5.32 Å². The van der Waals surface area contributed by atoms with Gasteiger partial charge in [0.15, 0.2) is 5.78 Å². The van der Waals surface area contributed by atoms with Crippen molar-refractivity contribution in [3.8, 4) is 0 Å². The number of nitrogens with zero attached hydrogens (tertiary/aromatic N) is 1. The lowest BCUT2D eigenvalue weighted by molar-refractivity contribution is -0.134. The van der Waals surface area contributed by atoms with Crippen molar-refractivity contribution < 1.29 is 9.59 Å². The van der Waals surface area contributed by atoms with Gasteiger partial charge in [0.05, 0.1) is 5.54 Å². The van der Waals surface area contributed by atoms with Gasteiger partial charge in [0.2, 0.25) is 5.91 Å². The minimum absolute atomic E-state index is 0.0333. The number of carbonyl (C=O) groups is 2. The predicted octanol–water partition coefficient (Wildman–Crippen LogP) is 1.47. The van der Waals surface area contributed by atoms with Gasteiger partial charge in [-0.1, -0.05) is 30.3 Å². The fourth-order valence-electron chi connectivity index (χ4n) is 2.34. The Labute approximate surface area is 113 Å². The first kappa shape index (κ1) is 13.7. The fraction of sp³-hybridized carbons (Fsp3) is 0.467. The van der Waals surface area contributed by atoms with Crippen molar-refractivity contribution >= 4 is 11.7 Å². The molecule has 1 amide bonds. The van der Waals surface area contributed by atoms with Crippen molar-refractivity contribution in [3.05, 3.63) is 35.9 Å². The Balaban J connectivity index is 1.95. The lowest BCUT2D eigenvalue weighted by Gasteiger charge is -2.41. The Morgan fingerprint density at radius 2 is 2.00 bits per heavy atom. The van der Waals surface area contributed by atoms with E-state index >= 15 is 0 Å². The maximum absolute atomic E-state index is 12.1. The number of nitrogens with one attached hydrogen (secondary N) is 1. The van der Waals surface area contributed by atoms with Gasteiger partial charge in [0.1, 0.15) is 0 Å². The van der Waals surface area contributed by atoms with Gasteiger partial charge in [-0.3, -0.25) is 14.5 Å². The molecular weight excluding hydrogens is 240 g/mol. The summed E-state index contributed by atoms with van der Waals surface area (Å²) in [5.74, 6) is 0.160. The van der Waals surface area contributed by atoms with Crippen LogP contribution in [0.25, 0.3) is 0 Å². The summed E-state index contributed by atoms with van der Waals surface area (Å²) >= 11 is 0. The van der Waals surface area contributed by atoms with Crippen LogP contribution in [0.5, 0.6) is 0 Å². The molecule has 1 aliphatic rings. The number of Topliss-reactive ketones (excluding diaryl/α,β-unsaturated/α-hetero) is 1. The fourth-order valence-corrected chi connectivity index (χ4v) is 2.34. The Morgan fingerprint density at radius 3 is 2.68 bits per heavy atom. The Hall–Kier alpha value is -1.68. The second-order valence-corrected chi connectivity index (χ2v) is 5.34. The van der Waals surface area contributed by atoms with E-state index in [-0.39, 0.29) is 11.7 Å². The highest BCUT2D eigenvalue weighted by Crippen LogP contribution is 2.18. The summed E-state index contributed by atoms with van der Waals surface area (Å²) in [5, 5.41) is 2.86. The minimum Gasteiger partial charge on any atom is -0.353 e. The van der Waals surface area contributed by atoms with Gasteiger partial charge < -0.3 is 5.32 Å². The molecule has 1 heterocycles. The third kappa shape index (κ3) is 3.01. The molecular formula is C15H20N2O2. The van der Waals surface area contributed by atoms with Crippen LogP contribution in [0.2, 0.25) is 0 Å². The van der Waals surface area contributed by atoms with E-state index in [2.05, 4.69) is 10.2 Å². The lowest BCUT2D eigenvalue weighted by atomic mass is 9.98. The van der Waals surface area contributed by atoms with Gasteiger partial charge in [-0.05, 0) is 13.8 Å². The van der Waals surface area contributed by atoms with E-state index in [1.54, 1.807) is 0 Å². The summed E-state index contributed by atoms with van der Waals surface area (Å²) in [6, 6.07) is 9.29. The second-order valence-electron chi connectivity index (χ2n) is 5.34. The number of rotatable bonds is 4. The number of hydrogen-bond donors (Lipinski definition) is 1. The van der Waals surface area contributed by atoms with E-state index in [9.17, 15) is 9.59 Å². The monoisotopic (exact) mass is 260 g/mol. The molecule has 0 radical (unpaired) electrons. The standard InChI is InChI=1S/C15H20N2O2/c1-15(2)14(19)16-9-11-17(15)10-8-13(18)12-6-4-3-5-7-12/h3-7H,8-11H2,1-2H3,(H,16,19). The molecule has 19 heavy (non-hydrogen) atoms. The maximum Gasteiger partial charge on any atom is 0.239 e. The predicted molar refractivity (Wildman–Crippen MR) is 74.1 cm³/mol. The van der Waals surface area contributed by atoms with E-state index in [0.717, 1.165) is 12.1 Å². The Bertz CT molecular complexity index is 468. The van der Waals surface area contributed by atoms with Crippen LogP contribution in [-0.2, 0) is 4.79 Å². The number of ketones is 1. The third-order valence-corrected chi connectivity index (χ3v) is 3.72. The second kappa shape index (κ2) is 5.53. The zero-order valence-electron chi connectivity index (χ0n) is 11.5. The molecule has 0 aromatic heterocycles. The summed E-state index contributed by atoms with van der Waals surface area (Å²) in [6.07, 6.45) is 0.445. The molecule has 1 N–H and O–H groups in total. The van der Waals surface area contributed by atoms with E-state index in [1.165, 1.54) is 0 Å². The quantitative estimate of drug-likeness (QED) is 0.834. The summed E-state index contributed by atoms with van der Waals surface area (Å²) in [6.45, 7) is 5.86. The molecule has 2 rings (SSSR count). The smallest absolute Gasteiger partial charge is 0.239 e.